The van der Waals surface area contributed by atoms with Crippen LogP contribution in [0.5, 0.6) is 0 Å². The van der Waals surface area contributed by atoms with Gasteiger partial charge in [0, 0.05) is 12.2 Å². The molecule has 1 atom stereocenters. The van der Waals surface area contributed by atoms with Gasteiger partial charge in [0.05, 0.1) is 6.34 Å². The quantitative estimate of drug-likeness (QED) is 0.0893. The normalized spacial score (nSPS) is 12.3. The Morgan fingerprint density at radius 1 is 0.957 bits per heavy atom. The fraction of sp³-hybridized carbons (Fsp3) is 0.465. The van der Waals surface area contributed by atoms with Gasteiger partial charge in [-0.2, -0.15) is 0 Å². The van der Waals surface area contributed by atoms with Crippen LogP contribution in [0.2, 0.25) is 0 Å². The molecule has 3 nitrogen and oxygen atoms in total. The highest BCUT2D eigenvalue weighted by molar-refractivity contribution is 5.72. The van der Waals surface area contributed by atoms with Crippen molar-refractivity contribution in [2.75, 3.05) is 6.54 Å². The van der Waals surface area contributed by atoms with E-state index in [2.05, 4.69) is 133 Å². The summed E-state index contributed by atoms with van der Waals surface area (Å²) in [6.45, 7) is 35.9. The first-order valence-electron chi connectivity index (χ1n) is 17.4. The average molecular weight is 628 g/mol. The van der Waals surface area contributed by atoms with Crippen molar-refractivity contribution >= 4 is 12.0 Å². The number of allylic oxidation sites excluding steroid dienone is 4. The van der Waals surface area contributed by atoms with Crippen molar-refractivity contribution in [1.29, 1.82) is 0 Å². The largest absolute Gasteiger partial charge is 0.390 e. The lowest BCUT2D eigenvalue weighted by Crippen LogP contribution is -2.25. The van der Waals surface area contributed by atoms with Crippen LogP contribution in [0.3, 0.4) is 0 Å². The molecule has 0 spiro atoms. The molecule has 3 heteroatoms. The van der Waals surface area contributed by atoms with Crippen LogP contribution < -0.4 is 11.1 Å². The molecule has 2 aromatic rings. The Bertz CT molecular complexity index is 1210. The van der Waals surface area contributed by atoms with Crippen molar-refractivity contribution < 1.29 is 0 Å². The highest BCUT2D eigenvalue weighted by Gasteiger charge is 2.30. The molecule has 0 amide bonds. The van der Waals surface area contributed by atoms with Gasteiger partial charge < -0.3 is 11.1 Å². The van der Waals surface area contributed by atoms with Crippen LogP contribution in [0, 0.1) is 11.8 Å². The Morgan fingerprint density at radius 2 is 1.50 bits per heavy atom. The number of hydrogen-bond donors (Lipinski definition) is 2. The molecule has 0 heterocycles. The average Bonchev–Trinajstić information content (AvgIpc) is 3.07. The van der Waals surface area contributed by atoms with Gasteiger partial charge >= 0.3 is 0 Å². The van der Waals surface area contributed by atoms with Gasteiger partial charge in [0.25, 0.3) is 0 Å². The molecule has 0 saturated heterocycles. The lowest BCUT2D eigenvalue weighted by atomic mass is 9.79. The smallest absolute Gasteiger partial charge is 0.105 e. The van der Waals surface area contributed by atoms with Crippen molar-refractivity contribution in [2.24, 2.45) is 22.6 Å². The third kappa shape index (κ3) is 16.6. The summed E-state index contributed by atoms with van der Waals surface area (Å²) < 4.78 is 0. The number of nitrogens with two attached hydrogens (primary N) is 1. The number of rotatable bonds is 15. The third-order valence-electron chi connectivity index (χ3n) is 7.75. The van der Waals surface area contributed by atoms with Crippen LogP contribution in [0.4, 0.5) is 0 Å². The lowest BCUT2D eigenvalue weighted by Gasteiger charge is -2.31. The topological polar surface area (TPSA) is 50.4 Å². The number of nitrogens with zero attached hydrogens (tertiary/aromatic N) is 1. The summed E-state index contributed by atoms with van der Waals surface area (Å²) in [4.78, 5) is 4.61. The van der Waals surface area contributed by atoms with Crippen molar-refractivity contribution in [3.8, 4) is 11.1 Å². The molecule has 0 fully saturated rings. The molecule has 0 saturated carbocycles. The molecule has 0 bridgehead atoms. The summed E-state index contributed by atoms with van der Waals surface area (Å²) in [6, 6.07) is 16.9. The molecule has 46 heavy (non-hydrogen) atoms. The van der Waals surface area contributed by atoms with Gasteiger partial charge in [-0.25, -0.2) is 0 Å². The standard InChI is InChI=1S/C29H37N3.C9H20.C3H6.C2H6/c1-8-9-12-22(4)19-31-24(6)25-13-10-14-26(17-25)27-15-11-16-28(18-27)29(7,32-20-30)23(5)21(2)3;1-4-7-9(6-3)8-5-2;1-3-2;1-2/h8-18,20-21,31H,5-6,19H2,1-4,7H3,(H2,30,32);9H,4-8H2,1-3H3;3H,1H2,2H3;1-2H3/b9-8-,22-12+;;;. The van der Waals surface area contributed by atoms with E-state index in [1.807, 2.05) is 39.8 Å². The summed E-state index contributed by atoms with van der Waals surface area (Å²) in [6.07, 6.45) is 16.3. The zero-order chi connectivity index (χ0) is 35.5. The number of nitrogens with one attached hydrogen (secondary N) is 1. The summed E-state index contributed by atoms with van der Waals surface area (Å²) in [5.74, 6) is 1.30. The Kier molecular flexibility index (Phi) is 25.8. The van der Waals surface area contributed by atoms with Crippen LogP contribution >= 0.6 is 0 Å². The summed E-state index contributed by atoms with van der Waals surface area (Å²) in [5.41, 5.74) is 12.7. The Labute approximate surface area is 285 Å². The second-order valence-corrected chi connectivity index (χ2v) is 11.8. The highest BCUT2D eigenvalue weighted by Crippen LogP contribution is 2.38. The SMILES string of the molecule is C=C(NC/C(C)=C/C=C\C)c1cccc(-c2cccc(C(C)(N=CN)C(=C)C(C)C)c2)c1.C=CC.CC.CCCC(CC)CCC. The molecule has 2 aromatic carbocycles. The van der Waals surface area contributed by atoms with Crippen molar-refractivity contribution in [3.05, 3.63) is 115 Å². The van der Waals surface area contributed by atoms with E-state index in [1.165, 1.54) is 44.0 Å². The van der Waals surface area contributed by atoms with Crippen LogP contribution in [0.1, 0.15) is 119 Å². The predicted octanol–water partition coefficient (Wildman–Crippen LogP) is 12.7. The van der Waals surface area contributed by atoms with Gasteiger partial charge in [-0.1, -0.05) is 160 Å². The summed E-state index contributed by atoms with van der Waals surface area (Å²) in [7, 11) is 0. The van der Waals surface area contributed by atoms with Crippen molar-refractivity contribution in [1.82, 2.24) is 5.32 Å². The van der Waals surface area contributed by atoms with Gasteiger partial charge in [0.15, 0.2) is 0 Å². The Hall–Kier alpha value is -3.59. The molecular formula is C43H69N3. The van der Waals surface area contributed by atoms with Crippen molar-refractivity contribution in [2.45, 2.75) is 114 Å². The molecule has 0 radical (unpaired) electrons. The summed E-state index contributed by atoms with van der Waals surface area (Å²) in [5, 5.41) is 3.42. The zero-order valence-electron chi connectivity index (χ0n) is 31.5. The Balaban J connectivity index is 0. The molecule has 2 rings (SSSR count). The number of benzene rings is 2. The van der Waals surface area contributed by atoms with E-state index in [0.717, 1.165) is 46.0 Å². The molecule has 0 aromatic heterocycles. The molecule has 0 aliphatic heterocycles. The van der Waals surface area contributed by atoms with E-state index in [4.69, 9.17) is 5.73 Å². The third-order valence-corrected chi connectivity index (χ3v) is 7.75. The van der Waals surface area contributed by atoms with E-state index in [1.54, 1.807) is 6.08 Å². The van der Waals surface area contributed by atoms with E-state index < -0.39 is 5.54 Å². The van der Waals surface area contributed by atoms with E-state index in [-0.39, 0.29) is 5.92 Å². The van der Waals surface area contributed by atoms with E-state index in [9.17, 15) is 0 Å². The van der Waals surface area contributed by atoms with Gasteiger partial charge in [-0.3, -0.25) is 4.99 Å². The maximum atomic E-state index is 5.71. The molecule has 1 unspecified atom stereocenters. The molecule has 0 aliphatic carbocycles. The second kappa shape index (κ2) is 26.6. The number of hydrogen-bond acceptors (Lipinski definition) is 2. The maximum absolute atomic E-state index is 5.71. The van der Waals surface area contributed by atoms with E-state index in [0.29, 0.717) is 0 Å². The van der Waals surface area contributed by atoms with Gasteiger partial charge in [0.2, 0.25) is 0 Å². The minimum absolute atomic E-state index is 0.287. The minimum Gasteiger partial charge on any atom is -0.390 e. The zero-order valence-corrected chi connectivity index (χ0v) is 31.5. The fourth-order valence-electron chi connectivity index (χ4n) is 4.98. The first-order valence-corrected chi connectivity index (χ1v) is 17.4. The van der Waals surface area contributed by atoms with Gasteiger partial charge in [0.1, 0.15) is 5.54 Å². The van der Waals surface area contributed by atoms with Crippen LogP contribution in [-0.2, 0) is 5.54 Å². The lowest BCUT2D eigenvalue weighted by molar-refractivity contribution is 0.427. The second-order valence-electron chi connectivity index (χ2n) is 11.8. The van der Waals surface area contributed by atoms with E-state index >= 15 is 0 Å². The molecular weight excluding hydrogens is 558 g/mol. The maximum Gasteiger partial charge on any atom is 0.105 e. The summed E-state index contributed by atoms with van der Waals surface area (Å²) >= 11 is 0. The monoisotopic (exact) mass is 628 g/mol. The highest BCUT2D eigenvalue weighted by atomic mass is 14.9. The first-order chi connectivity index (χ1) is 22.0. The molecule has 0 aliphatic rings. The fourth-order valence-corrected chi connectivity index (χ4v) is 4.98. The van der Waals surface area contributed by atoms with Gasteiger partial charge in [-0.05, 0) is 79.5 Å². The minimum atomic E-state index is -0.571. The molecule has 256 valence electrons. The van der Waals surface area contributed by atoms with Crippen LogP contribution in [-0.4, -0.2) is 12.9 Å². The predicted molar refractivity (Wildman–Crippen MR) is 212 cm³/mol. The number of aliphatic imine (C=N–C) groups is 1. The van der Waals surface area contributed by atoms with Crippen molar-refractivity contribution in [3.63, 3.8) is 0 Å². The van der Waals surface area contributed by atoms with Crippen LogP contribution in [0.15, 0.2) is 109 Å². The molecule has 3 N–H and O–H groups in total. The van der Waals surface area contributed by atoms with Gasteiger partial charge in [-0.15, -0.1) is 6.58 Å². The first kappa shape index (κ1) is 44.5. The Morgan fingerprint density at radius 3 is 1.98 bits per heavy atom. The van der Waals surface area contributed by atoms with Crippen LogP contribution in [0.25, 0.3) is 16.8 Å².